The van der Waals surface area contributed by atoms with E-state index in [9.17, 15) is 0 Å². The summed E-state index contributed by atoms with van der Waals surface area (Å²) in [5, 5.41) is 0. The van der Waals surface area contributed by atoms with Crippen molar-refractivity contribution in [1.82, 2.24) is 9.55 Å². The molecule has 0 saturated carbocycles. The molecule has 96 valence electrons. The van der Waals surface area contributed by atoms with E-state index in [-0.39, 0.29) is 6.04 Å². The van der Waals surface area contributed by atoms with E-state index in [4.69, 9.17) is 10.5 Å². The maximum absolute atomic E-state index is 6.27. The van der Waals surface area contributed by atoms with Gasteiger partial charge in [-0.1, -0.05) is 6.07 Å². The fourth-order valence-corrected chi connectivity index (χ4v) is 2.12. The molecule has 0 saturated heterocycles. The van der Waals surface area contributed by atoms with Gasteiger partial charge < -0.3 is 15.0 Å². The fraction of sp³-hybridized carbons (Fsp3) is 0.357. The third-order valence-corrected chi connectivity index (χ3v) is 3.16. The first-order valence-corrected chi connectivity index (χ1v) is 5.91. The molecule has 0 aliphatic rings. The van der Waals surface area contributed by atoms with Gasteiger partial charge in [0.05, 0.1) is 25.2 Å². The lowest BCUT2D eigenvalue weighted by molar-refractivity contribution is 0.411. The van der Waals surface area contributed by atoms with Gasteiger partial charge in [0.1, 0.15) is 5.75 Å². The van der Waals surface area contributed by atoms with E-state index < -0.39 is 0 Å². The summed E-state index contributed by atoms with van der Waals surface area (Å²) in [6.45, 7) is 4.06. The van der Waals surface area contributed by atoms with Crippen molar-refractivity contribution in [1.29, 1.82) is 0 Å². The minimum atomic E-state index is -0.198. The number of ether oxygens (including phenoxy) is 1. The molecule has 0 spiro atoms. The van der Waals surface area contributed by atoms with E-state index in [0.29, 0.717) is 0 Å². The number of nitrogens with zero attached hydrogens (tertiary/aromatic N) is 2. The average Bonchev–Trinajstić information content (AvgIpc) is 2.77. The standard InChI is InChI=1S/C14H19N3O/c1-9-6-13(18-4)10(2)5-11(9)14(15)12-7-17(3)8-16-12/h5-8,14H,15H2,1-4H3. The second kappa shape index (κ2) is 4.82. The van der Waals surface area contributed by atoms with Crippen LogP contribution in [0, 0.1) is 13.8 Å². The number of rotatable bonds is 3. The fourth-order valence-electron chi connectivity index (χ4n) is 2.12. The van der Waals surface area contributed by atoms with Gasteiger partial charge in [0.25, 0.3) is 0 Å². The number of methoxy groups -OCH3 is 1. The predicted octanol–water partition coefficient (Wildman–Crippen LogP) is 2.09. The number of nitrogens with two attached hydrogens (primary N) is 1. The largest absolute Gasteiger partial charge is 0.496 e. The van der Waals surface area contributed by atoms with Crippen LogP contribution in [0.1, 0.15) is 28.4 Å². The highest BCUT2D eigenvalue weighted by Crippen LogP contribution is 2.28. The zero-order chi connectivity index (χ0) is 13.3. The molecule has 1 unspecified atom stereocenters. The molecule has 0 fully saturated rings. The third kappa shape index (κ3) is 2.24. The molecule has 18 heavy (non-hydrogen) atoms. The highest BCUT2D eigenvalue weighted by molar-refractivity contribution is 5.44. The topological polar surface area (TPSA) is 53.1 Å². The molecular weight excluding hydrogens is 226 g/mol. The van der Waals surface area contributed by atoms with Crippen LogP contribution >= 0.6 is 0 Å². The molecule has 0 radical (unpaired) electrons. The van der Waals surface area contributed by atoms with Gasteiger partial charge in [-0.3, -0.25) is 0 Å². The average molecular weight is 245 g/mol. The van der Waals surface area contributed by atoms with Crippen molar-refractivity contribution in [3.8, 4) is 5.75 Å². The van der Waals surface area contributed by atoms with Gasteiger partial charge in [-0.2, -0.15) is 0 Å². The van der Waals surface area contributed by atoms with Gasteiger partial charge in [0.2, 0.25) is 0 Å². The quantitative estimate of drug-likeness (QED) is 0.901. The van der Waals surface area contributed by atoms with Gasteiger partial charge in [-0.05, 0) is 36.6 Å². The molecule has 2 aromatic rings. The zero-order valence-electron chi connectivity index (χ0n) is 11.3. The minimum Gasteiger partial charge on any atom is -0.496 e. The summed E-state index contributed by atoms with van der Waals surface area (Å²) in [4.78, 5) is 4.31. The Kier molecular flexibility index (Phi) is 3.39. The zero-order valence-corrected chi connectivity index (χ0v) is 11.3. The first-order valence-electron chi connectivity index (χ1n) is 5.91. The maximum atomic E-state index is 6.27. The van der Waals surface area contributed by atoms with Gasteiger partial charge in [0.15, 0.2) is 0 Å². The predicted molar refractivity (Wildman–Crippen MR) is 71.7 cm³/mol. The van der Waals surface area contributed by atoms with Crippen LogP contribution in [0.4, 0.5) is 0 Å². The Bertz CT molecular complexity index is 560. The third-order valence-electron chi connectivity index (χ3n) is 3.16. The summed E-state index contributed by atoms with van der Waals surface area (Å²) in [5.74, 6) is 0.893. The summed E-state index contributed by atoms with van der Waals surface area (Å²) in [5.41, 5.74) is 10.5. The van der Waals surface area contributed by atoms with Crippen LogP contribution in [-0.4, -0.2) is 16.7 Å². The summed E-state index contributed by atoms with van der Waals surface area (Å²) in [7, 11) is 3.62. The smallest absolute Gasteiger partial charge is 0.122 e. The molecule has 4 nitrogen and oxygen atoms in total. The molecule has 1 aromatic heterocycles. The van der Waals surface area contributed by atoms with Crippen molar-refractivity contribution in [2.75, 3.05) is 7.11 Å². The SMILES string of the molecule is COc1cc(C)c(C(N)c2cn(C)cn2)cc1C. The van der Waals surface area contributed by atoms with Gasteiger partial charge in [-0.15, -0.1) is 0 Å². The second-order valence-corrected chi connectivity index (χ2v) is 4.62. The summed E-state index contributed by atoms with van der Waals surface area (Å²) in [6, 6.07) is 3.90. The number of benzene rings is 1. The van der Waals surface area contributed by atoms with Gasteiger partial charge >= 0.3 is 0 Å². The van der Waals surface area contributed by atoms with Crippen molar-refractivity contribution >= 4 is 0 Å². The molecule has 2 rings (SSSR count). The Morgan fingerprint density at radius 3 is 2.56 bits per heavy atom. The molecule has 1 atom stereocenters. The van der Waals surface area contributed by atoms with Gasteiger partial charge in [0, 0.05) is 13.2 Å². The molecule has 2 N–H and O–H groups in total. The molecule has 0 bridgehead atoms. The van der Waals surface area contributed by atoms with Crippen LogP contribution in [0.3, 0.4) is 0 Å². The Morgan fingerprint density at radius 2 is 2.00 bits per heavy atom. The van der Waals surface area contributed by atoms with Crippen molar-refractivity contribution in [3.63, 3.8) is 0 Å². The number of aryl methyl sites for hydroxylation is 3. The van der Waals surface area contributed by atoms with Crippen molar-refractivity contribution in [2.24, 2.45) is 12.8 Å². The van der Waals surface area contributed by atoms with E-state index in [2.05, 4.69) is 11.1 Å². The molecular formula is C14H19N3O. The van der Waals surface area contributed by atoms with Crippen LogP contribution in [0.15, 0.2) is 24.7 Å². The van der Waals surface area contributed by atoms with E-state index in [1.54, 1.807) is 13.4 Å². The Balaban J connectivity index is 2.42. The van der Waals surface area contributed by atoms with Crippen molar-refractivity contribution in [3.05, 3.63) is 47.0 Å². The Labute approximate surface area is 107 Å². The highest BCUT2D eigenvalue weighted by atomic mass is 16.5. The Morgan fingerprint density at radius 1 is 1.28 bits per heavy atom. The lowest BCUT2D eigenvalue weighted by Gasteiger charge is -2.15. The normalized spacial score (nSPS) is 12.5. The molecule has 0 aliphatic heterocycles. The van der Waals surface area contributed by atoms with Crippen molar-refractivity contribution < 1.29 is 4.74 Å². The summed E-state index contributed by atoms with van der Waals surface area (Å²) < 4.78 is 7.21. The second-order valence-electron chi connectivity index (χ2n) is 4.62. The number of aromatic nitrogens is 2. The van der Waals surface area contributed by atoms with E-state index >= 15 is 0 Å². The van der Waals surface area contributed by atoms with E-state index in [1.165, 1.54) is 0 Å². The van der Waals surface area contributed by atoms with Crippen LogP contribution in [0.2, 0.25) is 0 Å². The van der Waals surface area contributed by atoms with Crippen LogP contribution in [-0.2, 0) is 7.05 Å². The lowest BCUT2D eigenvalue weighted by Crippen LogP contribution is -2.14. The number of hydrogen-bond acceptors (Lipinski definition) is 3. The number of hydrogen-bond donors (Lipinski definition) is 1. The first kappa shape index (κ1) is 12.6. The first-order chi connectivity index (χ1) is 8.52. The summed E-state index contributed by atoms with van der Waals surface area (Å²) >= 11 is 0. The van der Waals surface area contributed by atoms with E-state index in [1.807, 2.05) is 37.7 Å². The molecule has 0 aliphatic carbocycles. The van der Waals surface area contributed by atoms with Crippen LogP contribution in [0.5, 0.6) is 5.75 Å². The monoisotopic (exact) mass is 245 g/mol. The van der Waals surface area contributed by atoms with Gasteiger partial charge in [-0.25, -0.2) is 4.98 Å². The lowest BCUT2D eigenvalue weighted by atomic mass is 9.97. The Hall–Kier alpha value is -1.81. The number of imidazole rings is 1. The van der Waals surface area contributed by atoms with E-state index in [0.717, 1.165) is 28.1 Å². The van der Waals surface area contributed by atoms with Crippen molar-refractivity contribution in [2.45, 2.75) is 19.9 Å². The molecule has 1 heterocycles. The maximum Gasteiger partial charge on any atom is 0.122 e. The van der Waals surface area contributed by atoms with Crippen LogP contribution < -0.4 is 10.5 Å². The molecule has 0 amide bonds. The summed E-state index contributed by atoms with van der Waals surface area (Å²) in [6.07, 6.45) is 3.71. The molecule has 4 heteroatoms. The highest BCUT2D eigenvalue weighted by Gasteiger charge is 2.15. The molecule has 1 aromatic carbocycles. The minimum absolute atomic E-state index is 0.198. The van der Waals surface area contributed by atoms with Crippen LogP contribution in [0.25, 0.3) is 0 Å².